The Bertz CT molecular complexity index is 978. The van der Waals surface area contributed by atoms with Crippen LogP contribution in [0.25, 0.3) is 0 Å². The zero-order valence-electron chi connectivity index (χ0n) is 17.5. The first-order valence-corrected chi connectivity index (χ1v) is 10.3. The Morgan fingerprint density at radius 2 is 2.03 bits per heavy atom. The highest BCUT2D eigenvalue weighted by Gasteiger charge is 2.55. The van der Waals surface area contributed by atoms with E-state index in [0.29, 0.717) is 25.1 Å². The number of primary amides is 1. The number of carbonyl (C=O) groups is 3. The normalized spacial score (nSPS) is 25.2. The van der Waals surface area contributed by atoms with E-state index in [4.69, 9.17) is 20.9 Å². The minimum Gasteiger partial charge on any atom is -0.669 e. The molecule has 0 radical (unpaired) electrons. The second-order valence-corrected chi connectivity index (χ2v) is 9.05. The largest absolute Gasteiger partial charge is 0.669 e. The molecular formula is C19H26BN4O8-. The van der Waals surface area contributed by atoms with Gasteiger partial charge in [0, 0.05) is 19.6 Å². The fraction of sp³-hybridized carbons (Fsp3) is 0.526. The number of likely N-dealkylation sites (tertiary alicyclic amines) is 1. The number of amides is 2. The van der Waals surface area contributed by atoms with Crippen LogP contribution in [0.15, 0.2) is 12.1 Å². The van der Waals surface area contributed by atoms with Gasteiger partial charge in [0.25, 0.3) is 0 Å². The van der Waals surface area contributed by atoms with Gasteiger partial charge in [0.1, 0.15) is 23.0 Å². The van der Waals surface area contributed by atoms with Crippen molar-refractivity contribution in [1.29, 1.82) is 0 Å². The number of carbonyl (C=O) groups excluding carboxylic acids is 2. The molecule has 174 valence electrons. The number of nitrogens with two attached hydrogens (primary N) is 2. The number of ether oxygens (including phenoxy) is 1. The quantitative estimate of drug-likeness (QED) is 0.240. The van der Waals surface area contributed by atoms with Crippen molar-refractivity contribution >= 4 is 24.5 Å². The van der Waals surface area contributed by atoms with E-state index in [9.17, 15) is 29.5 Å². The lowest BCUT2D eigenvalue weighted by atomic mass is 9.68. The molecule has 2 amide bonds. The molecule has 1 aromatic rings. The number of fused-ring (bicyclic) bond motifs is 3. The van der Waals surface area contributed by atoms with E-state index < -0.39 is 35.9 Å². The fourth-order valence-corrected chi connectivity index (χ4v) is 4.42. The first-order chi connectivity index (χ1) is 14.9. The smallest absolute Gasteiger partial charge is 0.434 e. The summed E-state index contributed by atoms with van der Waals surface area (Å²) in [5.41, 5.74) is 10.2. The number of benzene rings is 1. The molecular weight excluding hydrogens is 423 g/mol. The van der Waals surface area contributed by atoms with E-state index >= 15 is 0 Å². The van der Waals surface area contributed by atoms with Crippen LogP contribution in [0.2, 0.25) is 5.82 Å². The molecule has 0 spiro atoms. The number of aromatic carboxylic acids is 1. The van der Waals surface area contributed by atoms with Crippen LogP contribution in [0.1, 0.15) is 35.2 Å². The molecule has 8 N–H and O–H groups in total. The van der Waals surface area contributed by atoms with Crippen LogP contribution in [-0.4, -0.2) is 82.4 Å². The molecule has 1 aromatic carbocycles. The zero-order valence-corrected chi connectivity index (χ0v) is 17.5. The van der Waals surface area contributed by atoms with Gasteiger partial charge in [0.15, 0.2) is 0 Å². The monoisotopic (exact) mass is 449 g/mol. The Hall–Kier alpha value is -2.87. The summed E-state index contributed by atoms with van der Waals surface area (Å²) in [5, 5.41) is 32.3. The zero-order chi connectivity index (χ0) is 23.4. The summed E-state index contributed by atoms with van der Waals surface area (Å²) in [5.74, 6) is -3.02. The SMILES string of the molecule is CC(N)(CN1CC(Oc2ccc3c(c2C(=O)O)O[B-](O)(O)[C@@H]2C[C@H]32)C1)C(=O)NCC(N)=O. The topological polar surface area (TPSA) is 198 Å². The van der Waals surface area contributed by atoms with E-state index in [2.05, 4.69) is 5.32 Å². The molecule has 2 aliphatic heterocycles. The summed E-state index contributed by atoms with van der Waals surface area (Å²) < 4.78 is 11.1. The molecule has 13 heteroatoms. The molecule has 1 saturated carbocycles. The molecule has 2 fully saturated rings. The van der Waals surface area contributed by atoms with Gasteiger partial charge in [0.2, 0.25) is 11.8 Å². The van der Waals surface area contributed by atoms with Crippen molar-refractivity contribution in [3.63, 3.8) is 0 Å². The predicted octanol–water partition coefficient (Wildman–Crippen LogP) is -2.06. The number of carboxylic acids is 1. The van der Waals surface area contributed by atoms with Gasteiger partial charge in [-0.2, -0.15) is 0 Å². The van der Waals surface area contributed by atoms with Crippen molar-refractivity contribution in [3.05, 3.63) is 23.3 Å². The average Bonchev–Trinajstić information content (AvgIpc) is 3.45. The average molecular weight is 449 g/mol. The summed E-state index contributed by atoms with van der Waals surface area (Å²) in [7, 11) is 0. The van der Waals surface area contributed by atoms with Gasteiger partial charge in [-0.1, -0.05) is 18.3 Å². The van der Waals surface area contributed by atoms with E-state index in [1.165, 1.54) is 6.92 Å². The lowest BCUT2D eigenvalue weighted by Crippen LogP contribution is -2.64. The summed E-state index contributed by atoms with van der Waals surface area (Å²) in [6, 6.07) is 3.26. The summed E-state index contributed by atoms with van der Waals surface area (Å²) in [4.78, 5) is 36.7. The molecule has 2 heterocycles. The van der Waals surface area contributed by atoms with Crippen LogP contribution >= 0.6 is 0 Å². The number of hydrogen-bond donors (Lipinski definition) is 6. The Morgan fingerprint density at radius 1 is 1.34 bits per heavy atom. The van der Waals surface area contributed by atoms with Crippen molar-refractivity contribution in [2.75, 3.05) is 26.2 Å². The van der Waals surface area contributed by atoms with Crippen molar-refractivity contribution in [1.82, 2.24) is 10.2 Å². The molecule has 0 aromatic heterocycles. The Balaban J connectivity index is 1.40. The highest BCUT2D eigenvalue weighted by atomic mass is 16.6. The number of hydrogen-bond acceptors (Lipinski definition) is 9. The van der Waals surface area contributed by atoms with E-state index in [-0.39, 0.29) is 42.2 Å². The maximum Gasteiger partial charge on any atom is 0.434 e. The third kappa shape index (κ3) is 4.11. The standard InChI is InChI=1S/C19H26BN4O8/c1-19(22,18(28)23-5-14(21)25)8-24-6-9(7-24)31-13-3-2-10-11-4-12(11)20(29,30)32-16(10)15(13)17(26)27/h2-3,9,11-12,29-30H,4-8,22H2,1H3,(H2,21,25)(H,23,28)(H,26,27)/q-1/t11-,12-,19?/m1/s1. The van der Waals surface area contributed by atoms with Crippen LogP contribution in [-0.2, 0) is 9.59 Å². The lowest BCUT2D eigenvalue weighted by molar-refractivity contribution is -0.129. The van der Waals surface area contributed by atoms with Gasteiger partial charge in [-0.3, -0.25) is 14.5 Å². The number of nitrogens with one attached hydrogen (secondary N) is 1. The molecule has 1 unspecified atom stereocenters. The van der Waals surface area contributed by atoms with Crippen LogP contribution in [0.3, 0.4) is 0 Å². The molecule has 1 saturated heterocycles. The maximum absolute atomic E-state index is 12.1. The second kappa shape index (κ2) is 7.62. The van der Waals surface area contributed by atoms with Gasteiger partial charge >= 0.3 is 12.7 Å². The highest BCUT2D eigenvalue weighted by molar-refractivity contribution is 6.62. The van der Waals surface area contributed by atoms with Crippen molar-refractivity contribution in [3.8, 4) is 11.5 Å². The third-order valence-corrected chi connectivity index (χ3v) is 6.16. The maximum atomic E-state index is 12.1. The minimum atomic E-state index is -3.11. The van der Waals surface area contributed by atoms with Gasteiger partial charge in [0.05, 0.1) is 12.3 Å². The summed E-state index contributed by atoms with van der Waals surface area (Å²) >= 11 is 0. The van der Waals surface area contributed by atoms with Gasteiger partial charge in [-0.25, -0.2) is 4.79 Å². The van der Waals surface area contributed by atoms with Gasteiger partial charge < -0.3 is 41.3 Å². The predicted molar refractivity (Wildman–Crippen MR) is 111 cm³/mol. The van der Waals surface area contributed by atoms with Crippen molar-refractivity contribution in [2.24, 2.45) is 11.5 Å². The van der Waals surface area contributed by atoms with E-state index in [1.807, 2.05) is 4.90 Å². The van der Waals surface area contributed by atoms with Crippen LogP contribution in [0, 0.1) is 0 Å². The fourth-order valence-electron chi connectivity index (χ4n) is 4.42. The summed E-state index contributed by atoms with van der Waals surface area (Å²) in [6.45, 7) is -0.903. The van der Waals surface area contributed by atoms with E-state index in [0.717, 1.165) is 0 Å². The Labute approximate surface area is 183 Å². The van der Waals surface area contributed by atoms with Crippen LogP contribution in [0.5, 0.6) is 11.5 Å². The molecule has 0 bridgehead atoms. The first-order valence-electron chi connectivity index (χ1n) is 10.3. The van der Waals surface area contributed by atoms with Gasteiger partial charge in [-0.05, 0) is 24.5 Å². The molecule has 3 aliphatic rings. The van der Waals surface area contributed by atoms with Crippen LogP contribution in [0.4, 0.5) is 0 Å². The molecule has 12 nitrogen and oxygen atoms in total. The van der Waals surface area contributed by atoms with Crippen LogP contribution < -0.4 is 26.2 Å². The van der Waals surface area contributed by atoms with Crippen molar-refractivity contribution in [2.45, 2.75) is 36.7 Å². The highest BCUT2D eigenvalue weighted by Crippen LogP contribution is 2.63. The summed E-state index contributed by atoms with van der Waals surface area (Å²) in [6.07, 6.45) is 0.174. The number of rotatable bonds is 8. The lowest BCUT2D eigenvalue weighted by Gasteiger charge is -2.43. The molecule has 1 aliphatic carbocycles. The number of nitrogens with zero attached hydrogens (tertiary/aromatic N) is 1. The van der Waals surface area contributed by atoms with Gasteiger partial charge in [-0.15, -0.1) is 0 Å². The Morgan fingerprint density at radius 3 is 2.66 bits per heavy atom. The van der Waals surface area contributed by atoms with Crippen molar-refractivity contribution < 1.29 is 38.9 Å². The number of carboxylic acid groups (broad SMARTS) is 1. The third-order valence-electron chi connectivity index (χ3n) is 6.16. The Kier molecular flexibility index (Phi) is 5.32. The molecule has 4 rings (SSSR count). The van der Waals surface area contributed by atoms with E-state index in [1.54, 1.807) is 12.1 Å². The molecule has 32 heavy (non-hydrogen) atoms. The minimum absolute atomic E-state index is 0.0596. The second-order valence-electron chi connectivity index (χ2n) is 9.05. The first kappa shape index (κ1) is 22.3. The molecule has 3 atom stereocenters.